The third-order valence-corrected chi connectivity index (χ3v) is 4.76. The van der Waals surface area contributed by atoms with Gasteiger partial charge >= 0.3 is 0 Å². The van der Waals surface area contributed by atoms with Crippen molar-refractivity contribution in [2.45, 2.75) is 19.9 Å². The van der Waals surface area contributed by atoms with Gasteiger partial charge in [-0.15, -0.1) is 24.8 Å². The van der Waals surface area contributed by atoms with Crippen LogP contribution in [0.5, 0.6) is 11.5 Å². The minimum Gasteiger partial charge on any atom is -0.493 e. The summed E-state index contributed by atoms with van der Waals surface area (Å²) in [5, 5.41) is 7.14. The number of hydrogen-bond donors (Lipinski definition) is 2. The third-order valence-electron chi connectivity index (χ3n) is 4.76. The number of benzene rings is 2. The van der Waals surface area contributed by atoms with E-state index in [1.807, 2.05) is 62.4 Å². The molecule has 0 unspecified atom stereocenters. The molecule has 1 amide bonds. The summed E-state index contributed by atoms with van der Waals surface area (Å²) in [6, 6.07) is 15.3. The molecule has 0 saturated carbocycles. The highest BCUT2D eigenvalue weighted by molar-refractivity contribution is 6.07. The highest BCUT2D eigenvalue weighted by atomic mass is 35.5. The van der Waals surface area contributed by atoms with Crippen LogP contribution < -0.4 is 20.1 Å². The molecule has 0 radical (unpaired) electrons. The molecule has 6 nitrogen and oxygen atoms in total. The zero-order chi connectivity index (χ0) is 20.8. The molecule has 0 spiro atoms. The summed E-state index contributed by atoms with van der Waals surface area (Å²) in [5.74, 6) is 1.15. The molecule has 0 bridgehead atoms. The number of rotatable bonds is 8. The predicted molar refractivity (Wildman–Crippen MR) is 130 cm³/mol. The summed E-state index contributed by atoms with van der Waals surface area (Å²) in [5.41, 5.74) is 2.92. The van der Waals surface area contributed by atoms with Gasteiger partial charge in [-0.2, -0.15) is 0 Å². The summed E-state index contributed by atoms with van der Waals surface area (Å²) in [6.07, 6.45) is 0. The minimum absolute atomic E-state index is 0. The highest BCUT2D eigenvalue weighted by Crippen LogP contribution is 2.33. The van der Waals surface area contributed by atoms with E-state index >= 15 is 0 Å². The summed E-state index contributed by atoms with van der Waals surface area (Å²) in [6.45, 7) is 5.50. The Morgan fingerprint density at radius 2 is 1.74 bits per heavy atom. The Hall–Kier alpha value is -2.54. The first kappa shape index (κ1) is 26.5. The highest BCUT2D eigenvalue weighted by Gasteiger charge is 2.15. The molecule has 0 aliphatic carbocycles. The number of fused-ring (bicyclic) bond motifs is 1. The first-order valence-corrected chi connectivity index (χ1v) is 9.71. The van der Waals surface area contributed by atoms with Crippen molar-refractivity contribution in [1.29, 1.82) is 0 Å². The van der Waals surface area contributed by atoms with Gasteiger partial charge < -0.3 is 20.1 Å². The summed E-state index contributed by atoms with van der Waals surface area (Å²) < 4.78 is 10.7. The number of para-hydroxylation sites is 1. The molecule has 0 saturated heterocycles. The van der Waals surface area contributed by atoms with Crippen LogP contribution in [0, 0.1) is 0 Å². The van der Waals surface area contributed by atoms with E-state index in [1.165, 1.54) is 0 Å². The van der Waals surface area contributed by atoms with E-state index < -0.39 is 0 Å². The van der Waals surface area contributed by atoms with Crippen LogP contribution in [0.25, 0.3) is 22.2 Å². The fraction of sp³-hybridized carbons (Fsp3) is 0.304. The van der Waals surface area contributed by atoms with Crippen LogP contribution in [0.3, 0.4) is 0 Å². The Morgan fingerprint density at radius 3 is 2.42 bits per heavy atom. The van der Waals surface area contributed by atoms with E-state index in [0.717, 1.165) is 23.0 Å². The molecule has 0 aliphatic heterocycles. The normalized spacial score (nSPS) is 11.1. The number of methoxy groups -OCH3 is 2. The van der Waals surface area contributed by atoms with Crippen LogP contribution in [-0.4, -0.2) is 44.2 Å². The SMILES string of the molecule is CCN[C@H](C)CNC(=O)c1cc(-c2ccc(OC)c(OC)c2)nc2ccccc12.Cl.Cl. The largest absolute Gasteiger partial charge is 0.493 e. The number of aromatic nitrogens is 1. The Bertz CT molecular complexity index is 1010. The van der Waals surface area contributed by atoms with Crippen molar-refractivity contribution in [2.75, 3.05) is 27.3 Å². The molecule has 8 heteroatoms. The van der Waals surface area contributed by atoms with Crippen molar-refractivity contribution in [3.63, 3.8) is 0 Å². The smallest absolute Gasteiger partial charge is 0.252 e. The second-order valence-corrected chi connectivity index (χ2v) is 6.81. The average Bonchev–Trinajstić information content (AvgIpc) is 2.76. The molecule has 0 aliphatic rings. The molecule has 0 fully saturated rings. The van der Waals surface area contributed by atoms with Crippen molar-refractivity contribution in [1.82, 2.24) is 15.6 Å². The fourth-order valence-corrected chi connectivity index (χ4v) is 3.27. The van der Waals surface area contributed by atoms with E-state index in [9.17, 15) is 4.79 Å². The monoisotopic (exact) mass is 465 g/mol. The molecule has 3 rings (SSSR count). The number of nitrogens with zero attached hydrogens (tertiary/aromatic N) is 1. The Balaban J connectivity index is 0.00000240. The molecule has 1 aromatic heterocycles. The van der Waals surface area contributed by atoms with Crippen LogP contribution in [0.2, 0.25) is 0 Å². The Labute approximate surface area is 195 Å². The fourth-order valence-electron chi connectivity index (χ4n) is 3.27. The number of carbonyl (C=O) groups is 1. The molecule has 2 N–H and O–H groups in total. The van der Waals surface area contributed by atoms with E-state index in [-0.39, 0.29) is 36.8 Å². The third kappa shape index (κ3) is 6.23. The molecule has 1 atom stereocenters. The molecular weight excluding hydrogens is 437 g/mol. The molecular formula is C23H29Cl2N3O3. The summed E-state index contributed by atoms with van der Waals surface area (Å²) in [4.78, 5) is 17.7. The standard InChI is InChI=1S/C23H27N3O3.2ClH/c1-5-24-15(2)14-25-23(27)18-13-20(26-19-9-7-6-8-17(18)19)16-10-11-21(28-3)22(12-16)29-4;;/h6-13,15,24H,5,14H2,1-4H3,(H,25,27);2*1H/t15-;;/m1../s1. The number of halogens is 2. The van der Waals surface area contributed by atoms with Crippen LogP contribution in [0.4, 0.5) is 0 Å². The van der Waals surface area contributed by atoms with Gasteiger partial charge in [0, 0.05) is 23.5 Å². The van der Waals surface area contributed by atoms with Gasteiger partial charge in [0.1, 0.15) is 0 Å². The molecule has 3 aromatic rings. The van der Waals surface area contributed by atoms with E-state index in [0.29, 0.717) is 29.3 Å². The van der Waals surface area contributed by atoms with E-state index in [1.54, 1.807) is 14.2 Å². The van der Waals surface area contributed by atoms with E-state index in [4.69, 9.17) is 14.5 Å². The van der Waals surface area contributed by atoms with Gasteiger partial charge in [-0.3, -0.25) is 4.79 Å². The number of nitrogens with one attached hydrogen (secondary N) is 2. The summed E-state index contributed by atoms with van der Waals surface area (Å²) >= 11 is 0. The first-order valence-electron chi connectivity index (χ1n) is 9.71. The lowest BCUT2D eigenvalue weighted by Crippen LogP contribution is -2.38. The van der Waals surface area contributed by atoms with Crippen molar-refractivity contribution in [3.05, 3.63) is 54.1 Å². The zero-order valence-electron chi connectivity index (χ0n) is 18.1. The average molecular weight is 466 g/mol. The topological polar surface area (TPSA) is 72.5 Å². The van der Waals surface area contributed by atoms with Crippen molar-refractivity contribution >= 4 is 41.6 Å². The number of pyridine rings is 1. The molecule has 2 aromatic carbocycles. The van der Waals surface area contributed by atoms with Crippen molar-refractivity contribution in [3.8, 4) is 22.8 Å². The zero-order valence-corrected chi connectivity index (χ0v) is 19.7. The Kier molecular flexibility index (Phi) is 10.6. The van der Waals surface area contributed by atoms with Gasteiger partial charge in [-0.25, -0.2) is 4.98 Å². The van der Waals surface area contributed by atoms with Gasteiger partial charge in [-0.05, 0) is 43.8 Å². The van der Waals surface area contributed by atoms with Gasteiger partial charge in [0.25, 0.3) is 5.91 Å². The Morgan fingerprint density at radius 1 is 1.03 bits per heavy atom. The predicted octanol–water partition coefficient (Wildman–Crippen LogP) is 4.49. The van der Waals surface area contributed by atoms with Crippen molar-refractivity contribution in [2.24, 2.45) is 0 Å². The van der Waals surface area contributed by atoms with Crippen molar-refractivity contribution < 1.29 is 14.3 Å². The van der Waals surface area contributed by atoms with Crippen LogP contribution >= 0.6 is 24.8 Å². The van der Waals surface area contributed by atoms with Crippen LogP contribution in [0.1, 0.15) is 24.2 Å². The number of likely N-dealkylation sites (N-methyl/N-ethyl adjacent to an activating group) is 1. The number of ether oxygens (including phenoxy) is 2. The maximum Gasteiger partial charge on any atom is 0.252 e. The summed E-state index contributed by atoms with van der Waals surface area (Å²) in [7, 11) is 3.20. The lowest BCUT2D eigenvalue weighted by Gasteiger charge is -2.15. The lowest BCUT2D eigenvalue weighted by molar-refractivity contribution is 0.0952. The maximum atomic E-state index is 13.0. The van der Waals surface area contributed by atoms with E-state index in [2.05, 4.69) is 10.6 Å². The maximum absolute atomic E-state index is 13.0. The molecule has 31 heavy (non-hydrogen) atoms. The number of hydrogen-bond acceptors (Lipinski definition) is 5. The van der Waals surface area contributed by atoms with Gasteiger partial charge in [0.2, 0.25) is 0 Å². The van der Waals surface area contributed by atoms with Gasteiger partial charge in [-0.1, -0.05) is 25.1 Å². The number of amides is 1. The minimum atomic E-state index is -0.116. The second kappa shape index (κ2) is 12.3. The second-order valence-electron chi connectivity index (χ2n) is 6.81. The van der Waals surface area contributed by atoms with Gasteiger partial charge in [0.15, 0.2) is 11.5 Å². The first-order chi connectivity index (χ1) is 14.1. The lowest BCUT2D eigenvalue weighted by atomic mass is 10.0. The molecule has 1 heterocycles. The quantitative estimate of drug-likeness (QED) is 0.512. The van der Waals surface area contributed by atoms with Crippen LogP contribution in [-0.2, 0) is 0 Å². The van der Waals surface area contributed by atoms with Crippen LogP contribution in [0.15, 0.2) is 48.5 Å². The number of carbonyl (C=O) groups excluding carboxylic acids is 1. The molecule has 168 valence electrons. The van der Waals surface area contributed by atoms with Gasteiger partial charge in [0.05, 0.1) is 31.0 Å².